The molecule has 0 N–H and O–H groups in total. The monoisotopic (exact) mass is 495 g/mol. The van der Waals surface area contributed by atoms with Gasteiger partial charge in [0.25, 0.3) is 0 Å². The maximum Gasteiger partial charge on any atom is 0.165 e. The molecule has 0 aliphatic heterocycles. The van der Waals surface area contributed by atoms with Crippen LogP contribution in [-0.4, -0.2) is 15.0 Å². The molecule has 0 saturated carbocycles. The van der Waals surface area contributed by atoms with Gasteiger partial charge >= 0.3 is 0 Å². The zero-order valence-corrected chi connectivity index (χ0v) is 20.7. The van der Waals surface area contributed by atoms with Gasteiger partial charge < -0.3 is 0 Å². The minimum atomic E-state index is 0.542. The zero-order chi connectivity index (χ0) is 25.0. The molecule has 3 nitrogen and oxygen atoms in total. The van der Waals surface area contributed by atoms with E-state index in [-0.39, 0.29) is 0 Å². The van der Waals surface area contributed by atoms with Crippen molar-refractivity contribution in [2.75, 3.05) is 0 Å². The lowest BCUT2D eigenvalue weighted by molar-refractivity contribution is 1.07. The van der Waals surface area contributed by atoms with E-state index < -0.39 is 0 Å². The molecule has 4 heteroatoms. The van der Waals surface area contributed by atoms with Crippen molar-refractivity contribution in [1.29, 1.82) is 0 Å². The number of nitrogens with zero attached hydrogens (tertiary/aromatic N) is 3. The summed E-state index contributed by atoms with van der Waals surface area (Å²) >= 11 is 6.57. The Labute approximate surface area is 221 Å². The Morgan fingerprint density at radius 3 is 1.35 bits per heavy atom. The summed E-state index contributed by atoms with van der Waals surface area (Å²) in [5, 5.41) is 0.598. The zero-order valence-electron chi connectivity index (χ0n) is 19.9. The predicted octanol–water partition coefficient (Wildman–Crippen LogP) is 8.86. The predicted molar refractivity (Wildman–Crippen MR) is 152 cm³/mol. The van der Waals surface area contributed by atoms with Gasteiger partial charge in [0.2, 0.25) is 0 Å². The third-order valence-corrected chi connectivity index (χ3v) is 6.58. The van der Waals surface area contributed by atoms with Gasteiger partial charge in [-0.2, -0.15) is 0 Å². The lowest BCUT2D eigenvalue weighted by Gasteiger charge is -2.15. The van der Waals surface area contributed by atoms with E-state index in [1.165, 1.54) is 0 Å². The van der Waals surface area contributed by atoms with E-state index in [1.54, 1.807) is 0 Å². The Morgan fingerprint density at radius 2 is 0.730 bits per heavy atom. The first-order valence-electron chi connectivity index (χ1n) is 12.1. The number of benzene rings is 5. The molecule has 0 fully saturated rings. The first-order valence-corrected chi connectivity index (χ1v) is 12.5. The van der Waals surface area contributed by atoms with Crippen LogP contribution in [-0.2, 0) is 0 Å². The van der Waals surface area contributed by atoms with Gasteiger partial charge in [-0.1, -0.05) is 133 Å². The van der Waals surface area contributed by atoms with Gasteiger partial charge in [-0.25, -0.2) is 15.0 Å². The fraction of sp³-hybridized carbons (Fsp3) is 0. The highest BCUT2D eigenvalue weighted by Gasteiger charge is 2.18. The van der Waals surface area contributed by atoms with Gasteiger partial charge in [-0.15, -0.1) is 0 Å². The van der Waals surface area contributed by atoms with Crippen LogP contribution in [0.15, 0.2) is 133 Å². The highest BCUT2D eigenvalue weighted by molar-refractivity contribution is 6.33. The smallest absolute Gasteiger partial charge is 0.165 e. The standard InChI is InChI=1S/C33H22ClN3/c34-30-22-12-11-21-29(30)33-36-31(24-15-5-2-6-16-24)35-32(37-33)28-20-10-9-19-27(28)26-18-8-7-17-25(26)23-13-3-1-4-14-23/h1-22H. The summed E-state index contributed by atoms with van der Waals surface area (Å²) in [6.45, 7) is 0. The summed E-state index contributed by atoms with van der Waals surface area (Å²) < 4.78 is 0. The quantitative estimate of drug-likeness (QED) is 0.240. The van der Waals surface area contributed by atoms with E-state index in [4.69, 9.17) is 26.6 Å². The lowest BCUT2D eigenvalue weighted by atomic mass is 9.91. The van der Waals surface area contributed by atoms with Crippen molar-refractivity contribution in [1.82, 2.24) is 15.0 Å². The molecule has 0 amide bonds. The summed E-state index contributed by atoms with van der Waals surface area (Å²) in [6.07, 6.45) is 0. The molecule has 0 aliphatic rings. The molecule has 0 unspecified atom stereocenters. The fourth-order valence-electron chi connectivity index (χ4n) is 4.48. The molecule has 6 rings (SSSR count). The van der Waals surface area contributed by atoms with Crippen molar-refractivity contribution in [3.8, 4) is 56.4 Å². The van der Waals surface area contributed by atoms with E-state index >= 15 is 0 Å². The first kappa shape index (κ1) is 22.8. The Morgan fingerprint density at radius 1 is 0.324 bits per heavy atom. The maximum atomic E-state index is 6.57. The molecular formula is C33H22ClN3. The molecule has 37 heavy (non-hydrogen) atoms. The van der Waals surface area contributed by atoms with Crippen LogP contribution < -0.4 is 0 Å². The first-order chi connectivity index (χ1) is 18.3. The van der Waals surface area contributed by atoms with Crippen LogP contribution in [0.1, 0.15) is 0 Å². The van der Waals surface area contributed by atoms with Crippen molar-refractivity contribution in [3.63, 3.8) is 0 Å². The van der Waals surface area contributed by atoms with E-state index in [0.717, 1.165) is 38.9 Å². The molecule has 1 heterocycles. The fourth-order valence-corrected chi connectivity index (χ4v) is 4.70. The summed E-state index contributed by atoms with van der Waals surface area (Å²) in [5.74, 6) is 1.74. The average molecular weight is 496 g/mol. The average Bonchev–Trinajstić information content (AvgIpc) is 2.98. The largest absolute Gasteiger partial charge is 0.208 e. The van der Waals surface area contributed by atoms with Crippen LogP contribution in [0, 0.1) is 0 Å². The van der Waals surface area contributed by atoms with Crippen molar-refractivity contribution >= 4 is 11.6 Å². The highest BCUT2D eigenvalue weighted by Crippen LogP contribution is 2.38. The second kappa shape index (κ2) is 10.2. The van der Waals surface area contributed by atoms with Crippen molar-refractivity contribution in [3.05, 3.63) is 138 Å². The van der Waals surface area contributed by atoms with E-state index in [9.17, 15) is 0 Å². The Kier molecular flexibility index (Phi) is 6.28. The highest BCUT2D eigenvalue weighted by atomic mass is 35.5. The van der Waals surface area contributed by atoms with Crippen LogP contribution in [0.4, 0.5) is 0 Å². The molecule has 1 aromatic heterocycles. The topological polar surface area (TPSA) is 38.7 Å². The Hall–Kier alpha value is -4.60. The molecule has 0 aliphatic carbocycles. The number of hydrogen-bond donors (Lipinski definition) is 0. The summed E-state index contributed by atoms with van der Waals surface area (Å²) in [6, 6.07) is 44.7. The summed E-state index contributed by atoms with van der Waals surface area (Å²) in [4.78, 5) is 14.7. The third-order valence-electron chi connectivity index (χ3n) is 6.25. The van der Waals surface area contributed by atoms with Gasteiger partial charge in [0.15, 0.2) is 17.5 Å². The SMILES string of the molecule is Clc1ccccc1-c1nc(-c2ccccc2)nc(-c2ccccc2-c2ccccc2-c2ccccc2)n1. The number of halogens is 1. The van der Waals surface area contributed by atoms with E-state index in [1.807, 2.05) is 66.7 Å². The molecule has 5 aromatic carbocycles. The lowest BCUT2D eigenvalue weighted by Crippen LogP contribution is -2.01. The molecule has 0 atom stereocenters. The molecule has 0 bridgehead atoms. The number of hydrogen-bond acceptors (Lipinski definition) is 3. The summed E-state index contributed by atoms with van der Waals surface area (Å²) in [7, 11) is 0. The minimum absolute atomic E-state index is 0.542. The molecule has 0 spiro atoms. The molecule has 176 valence electrons. The van der Waals surface area contributed by atoms with Crippen LogP contribution in [0.3, 0.4) is 0 Å². The van der Waals surface area contributed by atoms with Crippen LogP contribution in [0.2, 0.25) is 5.02 Å². The van der Waals surface area contributed by atoms with Crippen molar-refractivity contribution in [2.24, 2.45) is 0 Å². The van der Waals surface area contributed by atoms with Gasteiger partial charge in [0.1, 0.15) is 0 Å². The van der Waals surface area contributed by atoms with Crippen LogP contribution >= 0.6 is 11.6 Å². The second-order valence-electron chi connectivity index (χ2n) is 8.61. The molecule has 6 aromatic rings. The maximum absolute atomic E-state index is 6.57. The number of aromatic nitrogens is 3. The van der Waals surface area contributed by atoms with Gasteiger partial charge in [0.05, 0.1) is 5.02 Å². The normalized spacial score (nSPS) is 10.8. The van der Waals surface area contributed by atoms with Gasteiger partial charge in [-0.05, 0) is 34.4 Å². The second-order valence-corrected chi connectivity index (χ2v) is 9.02. The van der Waals surface area contributed by atoms with Gasteiger partial charge in [-0.3, -0.25) is 0 Å². The molecule has 0 saturated heterocycles. The van der Waals surface area contributed by atoms with Crippen molar-refractivity contribution < 1.29 is 0 Å². The van der Waals surface area contributed by atoms with E-state index in [0.29, 0.717) is 22.5 Å². The minimum Gasteiger partial charge on any atom is -0.208 e. The van der Waals surface area contributed by atoms with E-state index in [2.05, 4.69) is 66.7 Å². The Bertz CT molecular complexity index is 1680. The molecule has 0 radical (unpaired) electrons. The molecular weight excluding hydrogens is 474 g/mol. The van der Waals surface area contributed by atoms with Crippen molar-refractivity contribution in [2.45, 2.75) is 0 Å². The van der Waals surface area contributed by atoms with Crippen LogP contribution in [0.25, 0.3) is 56.4 Å². The van der Waals surface area contributed by atoms with Crippen LogP contribution in [0.5, 0.6) is 0 Å². The van der Waals surface area contributed by atoms with Gasteiger partial charge in [0, 0.05) is 16.7 Å². The number of rotatable bonds is 5. The summed E-state index contributed by atoms with van der Waals surface area (Å²) in [5.41, 5.74) is 7.10. The third kappa shape index (κ3) is 4.65. The Balaban J connectivity index is 1.59.